The Morgan fingerprint density at radius 1 is 0.667 bits per heavy atom. The zero-order valence-electron chi connectivity index (χ0n) is 15.9. The second-order valence-electron chi connectivity index (χ2n) is 9.98. The molecule has 1 aliphatic carbocycles. The average Bonchev–Trinajstić information content (AvgIpc) is 2.24. The van der Waals surface area contributed by atoms with Crippen molar-refractivity contribution in [1.29, 1.82) is 0 Å². The Kier molecular flexibility index (Phi) is 5.79. The van der Waals surface area contributed by atoms with Crippen LogP contribution in [0.3, 0.4) is 0 Å². The molecule has 1 aliphatic rings. The summed E-state index contributed by atoms with van der Waals surface area (Å²) in [4.78, 5) is 0. The number of rotatable bonds is 4. The van der Waals surface area contributed by atoms with Crippen LogP contribution in [-0.4, -0.2) is 29.4 Å². The summed E-state index contributed by atoms with van der Waals surface area (Å²) in [7, 11) is -4.58. The van der Waals surface area contributed by atoms with Gasteiger partial charge in [0.1, 0.15) is 6.63 Å². The van der Waals surface area contributed by atoms with Crippen molar-refractivity contribution < 1.29 is 4.39 Å². The van der Waals surface area contributed by atoms with Crippen molar-refractivity contribution in [3.05, 3.63) is 11.0 Å². The molecule has 124 valence electrons. The van der Waals surface area contributed by atoms with E-state index in [1.807, 2.05) is 0 Å². The van der Waals surface area contributed by atoms with Crippen LogP contribution in [0.2, 0.25) is 58.9 Å². The van der Waals surface area contributed by atoms with Gasteiger partial charge in [-0.2, -0.15) is 0 Å². The quantitative estimate of drug-likeness (QED) is 0.508. The van der Waals surface area contributed by atoms with Crippen molar-refractivity contribution in [2.45, 2.75) is 91.0 Å². The van der Waals surface area contributed by atoms with Gasteiger partial charge in [-0.05, 0) is 31.3 Å². The van der Waals surface area contributed by atoms with Gasteiger partial charge in [0, 0.05) is 22.8 Å². The molecule has 1 rings (SSSR count). The lowest BCUT2D eigenvalue weighted by Crippen LogP contribution is -2.83. The van der Waals surface area contributed by atoms with Crippen LogP contribution >= 0.6 is 0 Å². The second-order valence-corrected chi connectivity index (χ2v) is 50.2. The maximum absolute atomic E-state index is 16.1. The third kappa shape index (κ3) is 3.40. The van der Waals surface area contributed by atoms with Crippen molar-refractivity contribution in [1.82, 2.24) is 0 Å². The first-order valence-corrected chi connectivity index (χ1v) is 24.1. The molecule has 0 aromatic carbocycles. The highest BCUT2D eigenvalue weighted by atomic mass is 29.9. The van der Waals surface area contributed by atoms with Crippen molar-refractivity contribution in [3.63, 3.8) is 0 Å². The Hall–Kier alpha value is 0.538. The van der Waals surface area contributed by atoms with E-state index in [9.17, 15) is 0 Å². The van der Waals surface area contributed by atoms with Gasteiger partial charge in [0.2, 0.25) is 0 Å². The van der Waals surface area contributed by atoms with Crippen molar-refractivity contribution in [3.8, 4) is 0 Å². The van der Waals surface area contributed by atoms with Gasteiger partial charge >= 0.3 is 0 Å². The van der Waals surface area contributed by atoms with E-state index in [-0.39, 0.29) is 0 Å². The van der Waals surface area contributed by atoms with Gasteiger partial charge in [-0.3, -0.25) is 0 Å². The summed E-state index contributed by atoms with van der Waals surface area (Å²) < 4.78 is 16.1. The first-order valence-electron chi connectivity index (χ1n) is 8.65. The van der Waals surface area contributed by atoms with Crippen molar-refractivity contribution in [2.24, 2.45) is 0 Å². The molecule has 0 unspecified atom stereocenters. The molecule has 0 spiro atoms. The molecule has 0 heterocycles. The van der Waals surface area contributed by atoms with Crippen LogP contribution < -0.4 is 0 Å². The minimum atomic E-state index is -1.96. The first-order chi connectivity index (χ1) is 9.27. The molecule has 0 aromatic heterocycles. The molecule has 0 aliphatic heterocycles. The third-order valence-corrected chi connectivity index (χ3v) is 76.0. The Morgan fingerprint density at radius 2 is 1.00 bits per heavy atom. The lowest BCUT2D eigenvalue weighted by molar-refractivity contribution is 0.564. The predicted molar refractivity (Wildman–Crippen MR) is 107 cm³/mol. The Balaban J connectivity index is 3.66. The van der Waals surface area contributed by atoms with Gasteiger partial charge in [0.05, 0.1) is 5.45 Å². The van der Waals surface area contributed by atoms with E-state index in [4.69, 9.17) is 0 Å². The summed E-state index contributed by atoms with van der Waals surface area (Å²) in [5, 5.41) is 0. The summed E-state index contributed by atoms with van der Waals surface area (Å²) in [6.07, 6.45) is 5.85. The van der Waals surface area contributed by atoms with E-state index in [0.29, 0.717) is 5.45 Å². The Morgan fingerprint density at radius 3 is 1.29 bits per heavy atom. The number of halogens is 1. The van der Waals surface area contributed by atoms with Gasteiger partial charge < -0.3 is 0 Å². The van der Waals surface area contributed by atoms with Crippen molar-refractivity contribution in [2.75, 3.05) is 0 Å². The summed E-state index contributed by atoms with van der Waals surface area (Å²) in [6.45, 7) is 20.4. The highest BCUT2D eigenvalue weighted by molar-refractivity contribution is 7.91. The highest BCUT2D eigenvalue weighted by Gasteiger charge is 2.65. The molecular formula is C16H37FSi4. The fraction of sp³-hybridized carbons (Fsp3) is 0.875. The van der Waals surface area contributed by atoms with Crippen LogP contribution in [0.4, 0.5) is 4.39 Å². The van der Waals surface area contributed by atoms with Gasteiger partial charge in [0.25, 0.3) is 0 Å². The minimum Gasteiger partial charge on any atom is -0.218 e. The number of hydrogen-bond donors (Lipinski definition) is 0. The normalized spacial score (nSPS) is 18.9. The molecule has 0 atom stereocenters. The van der Waals surface area contributed by atoms with Gasteiger partial charge in [-0.1, -0.05) is 65.3 Å². The lowest BCUT2D eigenvalue weighted by Gasteiger charge is -2.56. The molecule has 1 saturated carbocycles. The zero-order chi connectivity index (χ0) is 16.7. The molecule has 0 radical (unpaired) electrons. The van der Waals surface area contributed by atoms with Gasteiger partial charge in [-0.25, -0.2) is 4.39 Å². The number of hydrogen-bond acceptors (Lipinski definition) is 0. The second kappa shape index (κ2) is 6.21. The standard InChI is InChI=1S/C16H37FSi4/c1-18(2,3)21(19(4,5)6,20(7,8)9)16(17)15-13-11-10-12-14-15/h10-14H2,1-9H3. The topological polar surface area (TPSA) is 0 Å². The SMILES string of the molecule is C[Si](C)(C)[Si](C(F)=C1CCCCC1)([Si](C)(C)C)[Si](C)(C)C. The molecule has 0 bridgehead atoms. The largest absolute Gasteiger partial charge is 0.218 e. The van der Waals surface area contributed by atoms with Crippen LogP contribution in [0.25, 0.3) is 0 Å². The Labute approximate surface area is 136 Å². The van der Waals surface area contributed by atoms with E-state index in [1.54, 1.807) is 0 Å². The van der Waals surface area contributed by atoms with Crippen LogP contribution in [0, 0.1) is 0 Å². The molecule has 5 heteroatoms. The monoisotopic (exact) mass is 360 g/mol. The maximum Gasteiger partial charge on any atom is 0.103 e. The first kappa shape index (κ1) is 19.6. The van der Waals surface area contributed by atoms with Crippen LogP contribution in [0.1, 0.15) is 32.1 Å². The van der Waals surface area contributed by atoms with E-state index in [0.717, 1.165) is 12.8 Å². The van der Waals surface area contributed by atoms with Gasteiger partial charge in [0.15, 0.2) is 0 Å². The molecule has 1 fully saturated rings. The average molecular weight is 361 g/mol. The smallest absolute Gasteiger partial charge is 0.103 e. The molecule has 0 amide bonds. The van der Waals surface area contributed by atoms with E-state index < -0.39 is 29.4 Å². The molecule has 21 heavy (non-hydrogen) atoms. The third-order valence-electron chi connectivity index (χ3n) is 5.47. The fourth-order valence-corrected chi connectivity index (χ4v) is 104. The van der Waals surface area contributed by atoms with Gasteiger partial charge in [-0.15, -0.1) is 0 Å². The van der Waals surface area contributed by atoms with Crippen LogP contribution in [0.15, 0.2) is 11.0 Å². The summed E-state index contributed by atoms with van der Waals surface area (Å²) in [6, 6.07) is 0. The summed E-state index contributed by atoms with van der Waals surface area (Å²) in [5.74, 6) is 0. The van der Waals surface area contributed by atoms with Crippen molar-refractivity contribution >= 4 is 29.4 Å². The summed E-state index contributed by atoms with van der Waals surface area (Å²) in [5.41, 5.74) is 1.79. The highest BCUT2D eigenvalue weighted by Crippen LogP contribution is 2.45. The maximum atomic E-state index is 16.1. The van der Waals surface area contributed by atoms with E-state index >= 15 is 4.39 Å². The van der Waals surface area contributed by atoms with E-state index in [2.05, 4.69) is 58.9 Å². The lowest BCUT2D eigenvalue weighted by atomic mass is 9.96. The fourth-order valence-electron chi connectivity index (χ4n) is 5.83. The Bertz CT molecular complexity index is 363. The van der Waals surface area contributed by atoms with Crippen LogP contribution in [0.5, 0.6) is 0 Å². The zero-order valence-corrected chi connectivity index (χ0v) is 19.9. The predicted octanol–water partition coefficient (Wildman–Crippen LogP) is 6.41. The van der Waals surface area contributed by atoms with E-state index in [1.165, 1.54) is 24.8 Å². The van der Waals surface area contributed by atoms with Crippen LogP contribution in [-0.2, 0) is 0 Å². The number of allylic oxidation sites excluding steroid dienone is 1. The molecular weight excluding hydrogens is 324 g/mol. The molecule has 0 N–H and O–H groups in total. The molecule has 0 aromatic rings. The summed E-state index contributed by atoms with van der Waals surface area (Å²) >= 11 is 0. The molecule has 0 nitrogen and oxygen atoms in total. The minimum absolute atomic E-state index is 0.528. The molecule has 0 saturated heterocycles.